The minimum absolute atomic E-state index is 0.0510. The van der Waals surface area contributed by atoms with E-state index in [1.165, 1.54) is 34.6 Å². The van der Waals surface area contributed by atoms with Crippen LogP contribution in [0.5, 0.6) is 0 Å². The van der Waals surface area contributed by atoms with Crippen LogP contribution in [-0.4, -0.2) is 46.7 Å². The van der Waals surface area contributed by atoms with Crippen LogP contribution in [0, 0.1) is 17.1 Å². The Morgan fingerprint density at radius 1 is 1.12 bits per heavy atom. The second-order valence-electron chi connectivity index (χ2n) is 9.78. The van der Waals surface area contributed by atoms with Gasteiger partial charge in [-0.1, -0.05) is 31.2 Å². The van der Waals surface area contributed by atoms with Crippen LogP contribution in [0.1, 0.15) is 42.3 Å². The molecule has 224 valence electrons. The zero-order valence-electron chi connectivity index (χ0n) is 23.1. The Balaban J connectivity index is 1.82. The van der Waals surface area contributed by atoms with E-state index in [1.807, 2.05) is 6.07 Å². The summed E-state index contributed by atoms with van der Waals surface area (Å²) in [5, 5.41) is 9.21. The number of rotatable bonds is 9. The molecule has 2 aromatic carbocycles. The molecule has 13 heteroatoms. The van der Waals surface area contributed by atoms with Crippen molar-refractivity contribution in [3.05, 3.63) is 105 Å². The molecule has 1 atom stereocenters. The maximum Gasteiger partial charge on any atom is 0.419 e. The fraction of sp³-hybridized carbons (Fsp3) is 0.267. The summed E-state index contributed by atoms with van der Waals surface area (Å²) in [6.07, 6.45) is -3.94. The minimum Gasteiger partial charge on any atom is -0.333 e. The highest BCUT2D eigenvalue weighted by atomic mass is 32.2. The van der Waals surface area contributed by atoms with Gasteiger partial charge < -0.3 is 4.90 Å². The third-order valence-corrected chi connectivity index (χ3v) is 8.71. The Morgan fingerprint density at radius 2 is 1.81 bits per heavy atom. The predicted octanol–water partition coefficient (Wildman–Crippen LogP) is 4.96. The molecule has 0 aliphatic heterocycles. The number of sulfone groups is 1. The molecule has 4 aromatic rings. The van der Waals surface area contributed by atoms with E-state index in [4.69, 9.17) is 0 Å². The molecule has 0 aliphatic rings. The maximum atomic E-state index is 14.3. The number of alkyl halides is 3. The third-order valence-electron chi connectivity index (χ3n) is 7.03. The first-order valence-corrected chi connectivity index (χ1v) is 14.9. The molecule has 0 bridgehead atoms. The number of fused-ring (bicyclic) bond motifs is 1. The molecule has 0 saturated heterocycles. The van der Waals surface area contributed by atoms with Gasteiger partial charge in [-0.25, -0.2) is 17.8 Å². The lowest BCUT2D eigenvalue weighted by Gasteiger charge is -2.30. The van der Waals surface area contributed by atoms with Crippen LogP contribution in [0.2, 0.25) is 0 Å². The van der Waals surface area contributed by atoms with Crippen LogP contribution in [0.25, 0.3) is 16.8 Å². The molecule has 0 N–H and O–H groups in total. The second-order valence-corrected chi connectivity index (χ2v) is 12.3. The molecule has 1 amide bonds. The first-order chi connectivity index (χ1) is 20.3. The number of nitriles is 1. The van der Waals surface area contributed by atoms with Crippen molar-refractivity contribution >= 4 is 21.4 Å². The SMILES string of the molecule is CCS(=O)(=O)CCN(C(=O)Cc1ccc(C(F)(F)F)c(F)c1)[C@H](C)c1nc2ccccn2c(=O)c1-c1ccc(C#N)cc1. The molecule has 2 aromatic heterocycles. The summed E-state index contributed by atoms with van der Waals surface area (Å²) in [4.78, 5) is 33.2. The van der Waals surface area contributed by atoms with Crippen LogP contribution in [0.3, 0.4) is 0 Å². The monoisotopic (exact) mass is 614 g/mol. The highest BCUT2D eigenvalue weighted by molar-refractivity contribution is 7.91. The van der Waals surface area contributed by atoms with Crippen molar-refractivity contribution in [3.63, 3.8) is 0 Å². The molecule has 0 saturated carbocycles. The number of pyridine rings is 1. The molecule has 0 unspecified atom stereocenters. The van der Waals surface area contributed by atoms with Crippen molar-refractivity contribution in [2.75, 3.05) is 18.1 Å². The highest BCUT2D eigenvalue weighted by Gasteiger charge is 2.34. The van der Waals surface area contributed by atoms with Gasteiger partial charge in [0, 0.05) is 18.5 Å². The molecule has 2 heterocycles. The van der Waals surface area contributed by atoms with E-state index in [0.29, 0.717) is 23.3 Å². The zero-order valence-corrected chi connectivity index (χ0v) is 23.9. The molecule has 0 fully saturated rings. The van der Waals surface area contributed by atoms with Gasteiger partial charge in [0.2, 0.25) is 5.91 Å². The molecular weight excluding hydrogens is 588 g/mol. The van der Waals surface area contributed by atoms with Gasteiger partial charge in [-0.3, -0.25) is 14.0 Å². The number of hydrogen-bond donors (Lipinski definition) is 0. The standard InChI is InChI=1S/C30H26F4N4O4S/c1-3-43(41,42)15-14-37(26(39)17-21-9-12-23(24(31)16-21)30(32,33)34)19(2)28-27(22-10-7-20(18-35)8-11-22)29(40)38-13-5-4-6-25(38)36-28/h4-13,16,19H,3,14-15,17H2,1-2H3/t19-/m1/s1. The lowest BCUT2D eigenvalue weighted by Crippen LogP contribution is -2.39. The Morgan fingerprint density at radius 3 is 2.42 bits per heavy atom. The van der Waals surface area contributed by atoms with Crippen molar-refractivity contribution in [2.24, 2.45) is 0 Å². The predicted molar refractivity (Wildman–Crippen MR) is 151 cm³/mol. The number of carbonyl (C=O) groups excluding carboxylic acids is 1. The Bertz CT molecular complexity index is 1880. The van der Waals surface area contributed by atoms with Crippen molar-refractivity contribution in [1.82, 2.24) is 14.3 Å². The van der Waals surface area contributed by atoms with Crippen LogP contribution in [-0.2, 0) is 27.2 Å². The molecule has 0 radical (unpaired) electrons. The molecule has 0 aliphatic carbocycles. The molecule has 8 nitrogen and oxygen atoms in total. The van der Waals surface area contributed by atoms with Crippen molar-refractivity contribution in [3.8, 4) is 17.2 Å². The van der Waals surface area contributed by atoms with Gasteiger partial charge in [-0.05, 0) is 54.4 Å². The van der Waals surface area contributed by atoms with E-state index < -0.39 is 57.1 Å². The zero-order chi connectivity index (χ0) is 31.5. The summed E-state index contributed by atoms with van der Waals surface area (Å²) in [5.41, 5.74) is -0.756. The number of halogens is 4. The smallest absolute Gasteiger partial charge is 0.333 e. The Kier molecular flexibility index (Phi) is 9.01. The minimum atomic E-state index is -4.92. The van der Waals surface area contributed by atoms with E-state index in [2.05, 4.69) is 4.98 Å². The highest BCUT2D eigenvalue weighted by Crippen LogP contribution is 2.32. The number of benzene rings is 2. The van der Waals surface area contributed by atoms with Crippen LogP contribution >= 0.6 is 0 Å². The summed E-state index contributed by atoms with van der Waals surface area (Å²) in [5.74, 6) is -2.88. The van der Waals surface area contributed by atoms with Crippen LogP contribution in [0.15, 0.2) is 71.7 Å². The first kappa shape index (κ1) is 31.4. The largest absolute Gasteiger partial charge is 0.419 e. The summed E-state index contributed by atoms with van der Waals surface area (Å²) < 4.78 is 79.5. The van der Waals surface area contributed by atoms with Gasteiger partial charge in [0.05, 0.1) is 46.7 Å². The number of amides is 1. The third kappa shape index (κ3) is 6.91. The fourth-order valence-corrected chi connectivity index (χ4v) is 5.39. The quantitative estimate of drug-likeness (QED) is 0.247. The van der Waals surface area contributed by atoms with E-state index in [1.54, 1.807) is 37.3 Å². The summed E-state index contributed by atoms with van der Waals surface area (Å²) >= 11 is 0. The van der Waals surface area contributed by atoms with E-state index in [9.17, 15) is 40.8 Å². The van der Waals surface area contributed by atoms with Crippen molar-refractivity contribution < 1.29 is 30.8 Å². The Labute approximate surface area is 244 Å². The average Bonchev–Trinajstić information content (AvgIpc) is 2.96. The van der Waals surface area contributed by atoms with Crippen molar-refractivity contribution in [1.29, 1.82) is 5.26 Å². The summed E-state index contributed by atoms with van der Waals surface area (Å²) in [6, 6.07) is 14.2. The molecule has 0 spiro atoms. The van der Waals surface area contributed by atoms with Gasteiger partial charge in [-0.2, -0.15) is 18.4 Å². The normalized spacial score (nSPS) is 12.6. The van der Waals surface area contributed by atoms with Gasteiger partial charge in [-0.15, -0.1) is 0 Å². The van der Waals surface area contributed by atoms with Gasteiger partial charge in [0.1, 0.15) is 11.5 Å². The summed E-state index contributed by atoms with van der Waals surface area (Å²) in [7, 11) is -3.57. The van der Waals surface area contributed by atoms with E-state index in [-0.39, 0.29) is 34.8 Å². The maximum absolute atomic E-state index is 14.3. The molecule has 43 heavy (non-hydrogen) atoms. The van der Waals surface area contributed by atoms with Gasteiger partial charge >= 0.3 is 6.18 Å². The average molecular weight is 615 g/mol. The van der Waals surface area contributed by atoms with E-state index >= 15 is 0 Å². The van der Waals surface area contributed by atoms with Crippen LogP contribution in [0.4, 0.5) is 17.6 Å². The number of hydrogen-bond acceptors (Lipinski definition) is 6. The fourth-order valence-electron chi connectivity index (χ4n) is 4.63. The molecular formula is C30H26F4N4O4S. The van der Waals surface area contributed by atoms with Gasteiger partial charge in [0.15, 0.2) is 9.84 Å². The number of nitrogens with zero attached hydrogens (tertiary/aromatic N) is 4. The first-order valence-electron chi connectivity index (χ1n) is 13.1. The topological polar surface area (TPSA) is 113 Å². The summed E-state index contributed by atoms with van der Waals surface area (Å²) in [6.45, 7) is 2.69. The van der Waals surface area contributed by atoms with E-state index in [0.717, 1.165) is 6.07 Å². The number of carbonyl (C=O) groups is 1. The van der Waals surface area contributed by atoms with Crippen LogP contribution < -0.4 is 5.56 Å². The Hall–Kier alpha value is -4.57. The van der Waals surface area contributed by atoms with Crippen molar-refractivity contribution in [2.45, 2.75) is 32.5 Å². The lowest BCUT2D eigenvalue weighted by atomic mass is 9.99. The van der Waals surface area contributed by atoms with Gasteiger partial charge in [0.25, 0.3) is 5.56 Å². The lowest BCUT2D eigenvalue weighted by molar-refractivity contribution is -0.140. The molecule has 4 rings (SSSR count). The number of aromatic nitrogens is 2. The second kappa shape index (κ2) is 12.3.